The molecule has 0 radical (unpaired) electrons. The molecule has 0 saturated heterocycles. The monoisotopic (exact) mass is 331 g/mol. The summed E-state index contributed by atoms with van der Waals surface area (Å²) in [5.41, 5.74) is 1.85. The van der Waals surface area contributed by atoms with E-state index in [4.69, 9.17) is 21.1 Å². The Morgan fingerprint density at radius 3 is 2.48 bits per heavy atom. The number of nitrogens with zero attached hydrogens (tertiary/aromatic N) is 1. The Hall–Kier alpha value is -1.04. The number of hydrogen-bond donors (Lipinski definition) is 0. The molecule has 0 aromatic carbocycles. The van der Waals surface area contributed by atoms with Gasteiger partial charge >= 0.3 is 0 Å². The Balaban J connectivity index is 3.14. The lowest BCUT2D eigenvalue weighted by Crippen LogP contribution is -2.34. The number of rotatable bonds is 7. The van der Waals surface area contributed by atoms with E-state index in [2.05, 4.69) is 0 Å². The molecule has 0 bridgehead atoms. The maximum atomic E-state index is 12.2. The first kappa shape index (κ1) is 18.0. The van der Waals surface area contributed by atoms with Gasteiger partial charge in [-0.15, -0.1) is 11.6 Å². The third-order valence-electron chi connectivity index (χ3n) is 2.71. The second kappa shape index (κ2) is 8.41. The number of thiophene rings is 1. The molecule has 1 aromatic rings. The van der Waals surface area contributed by atoms with Crippen LogP contribution in [0.4, 0.5) is 0 Å². The summed E-state index contributed by atoms with van der Waals surface area (Å²) in [7, 11) is 1.63. The van der Waals surface area contributed by atoms with Crippen molar-refractivity contribution < 1.29 is 14.3 Å². The number of carbonyl (C=O) groups is 1. The van der Waals surface area contributed by atoms with Crippen molar-refractivity contribution in [3.8, 4) is 5.06 Å². The SMILES string of the molecule is COc1ccc(C(=C(C)C)N(COC(C)C)C(=O)CCl)s1. The van der Waals surface area contributed by atoms with E-state index in [1.807, 2.05) is 39.8 Å². The Morgan fingerprint density at radius 1 is 1.38 bits per heavy atom. The Labute approximate surface area is 135 Å². The fraction of sp³-hybridized carbons (Fsp3) is 0.533. The number of ether oxygens (including phenoxy) is 2. The normalized spacial score (nSPS) is 10.6. The molecular weight excluding hydrogens is 310 g/mol. The van der Waals surface area contributed by atoms with Crippen molar-refractivity contribution in [2.24, 2.45) is 0 Å². The lowest BCUT2D eigenvalue weighted by atomic mass is 10.2. The molecule has 0 atom stereocenters. The third-order valence-corrected chi connectivity index (χ3v) is 3.99. The second-order valence-corrected chi connectivity index (χ2v) is 6.28. The smallest absolute Gasteiger partial charge is 0.243 e. The van der Waals surface area contributed by atoms with Crippen molar-refractivity contribution in [3.05, 3.63) is 22.6 Å². The fourth-order valence-electron chi connectivity index (χ4n) is 1.76. The molecule has 1 rings (SSSR count). The average Bonchev–Trinajstić information content (AvgIpc) is 2.90. The first-order valence-corrected chi connectivity index (χ1v) is 8.05. The van der Waals surface area contributed by atoms with Crippen LogP contribution in [0.1, 0.15) is 32.6 Å². The Bertz CT molecular complexity index is 507. The molecule has 0 saturated carbocycles. The summed E-state index contributed by atoms with van der Waals surface area (Å²) in [5, 5.41) is 0.798. The van der Waals surface area contributed by atoms with Gasteiger partial charge in [0.1, 0.15) is 12.6 Å². The summed E-state index contributed by atoms with van der Waals surface area (Å²) >= 11 is 7.23. The molecule has 0 spiro atoms. The van der Waals surface area contributed by atoms with Gasteiger partial charge in [0.25, 0.3) is 0 Å². The minimum Gasteiger partial charge on any atom is -0.487 e. The summed E-state index contributed by atoms with van der Waals surface area (Å²) in [5.74, 6) is -0.262. The highest BCUT2D eigenvalue weighted by molar-refractivity contribution is 7.14. The largest absolute Gasteiger partial charge is 0.487 e. The molecule has 1 heterocycles. The van der Waals surface area contributed by atoms with Gasteiger partial charge in [0.2, 0.25) is 5.91 Å². The molecule has 0 aliphatic rings. The van der Waals surface area contributed by atoms with Crippen LogP contribution in [-0.4, -0.2) is 36.6 Å². The zero-order valence-corrected chi connectivity index (χ0v) is 14.7. The van der Waals surface area contributed by atoms with Crippen LogP contribution in [0.5, 0.6) is 5.06 Å². The minimum absolute atomic E-state index is 0.0342. The summed E-state index contributed by atoms with van der Waals surface area (Å²) < 4.78 is 10.8. The molecular formula is C15H22ClNO3S. The molecule has 0 N–H and O–H groups in total. The van der Waals surface area contributed by atoms with Gasteiger partial charge in [-0.1, -0.05) is 16.9 Å². The second-order valence-electron chi connectivity index (χ2n) is 4.97. The predicted octanol–water partition coefficient (Wildman–Crippen LogP) is 3.96. The highest BCUT2D eigenvalue weighted by Crippen LogP contribution is 2.33. The van der Waals surface area contributed by atoms with Gasteiger partial charge in [-0.25, -0.2) is 0 Å². The minimum atomic E-state index is -0.180. The van der Waals surface area contributed by atoms with Crippen molar-refractivity contribution in [1.29, 1.82) is 0 Å². The molecule has 0 fully saturated rings. The first-order chi connectivity index (χ1) is 9.90. The van der Waals surface area contributed by atoms with Gasteiger partial charge in [0, 0.05) is 0 Å². The van der Waals surface area contributed by atoms with Crippen LogP contribution in [0.25, 0.3) is 5.70 Å². The van der Waals surface area contributed by atoms with E-state index in [1.165, 1.54) is 11.3 Å². The van der Waals surface area contributed by atoms with E-state index in [0.717, 1.165) is 21.2 Å². The highest BCUT2D eigenvalue weighted by Gasteiger charge is 2.22. The highest BCUT2D eigenvalue weighted by atomic mass is 35.5. The van der Waals surface area contributed by atoms with Crippen LogP contribution in [0.2, 0.25) is 0 Å². The molecule has 0 aliphatic carbocycles. The van der Waals surface area contributed by atoms with E-state index in [-0.39, 0.29) is 24.6 Å². The molecule has 1 amide bonds. The van der Waals surface area contributed by atoms with Crippen molar-refractivity contribution >= 4 is 34.5 Å². The van der Waals surface area contributed by atoms with E-state index >= 15 is 0 Å². The molecule has 0 unspecified atom stereocenters. The number of methoxy groups -OCH3 is 1. The van der Waals surface area contributed by atoms with Gasteiger partial charge in [0.05, 0.1) is 23.8 Å². The average molecular weight is 332 g/mol. The molecule has 6 heteroatoms. The van der Waals surface area contributed by atoms with Crippen LogP contribution in [0, 0.1) is 0 Å². The van der Waals surface area contributed by atoms with Crippen molar-refractivity contribution in [3.63, 3.8) is 0 Å². The zero-order chi connectivity index (χ0) is 16.0. The van der Waals surface area contributed by atoms with Crippen LogP contribution in [0.3, 0.4) is 0 Å². The molecule has 0 aliphatic heterocycles. The van der Waals surface area contributed by atoms with Gasteiger partial charge in [-0.2, -0.15) is 0 Å². The Kier molecular flexibility index (Phi) is 7.22. The standard InChI is InChI=1S/C15H22ClNO3S/c1-10(2)15(12-6-7-14(19-5)21-12)17(13(18)8-16)9-20-11(3)4/h6-7,11H,8-9H2,1-5H3. The number of alkyl halides is 1. The quantitative estimate of drug-likeness (QED) is 0.561. The van der Waals surface area contributed by atoms with Gasteiger partial charge in [-0.05, 0) is 39.8 Å². The predicted molar refractivity (Wildman–Crippen MR) is 87.8 cm³/mol. The van der Waals surface area contributed by atoms with Crippen LogP contribution < -0.4 is 4.74 Å². The summed E-state index contributed by atoms with van der Waals surface area (Å²) in [4.78, 5) is 14.7. The van der Waals surface area contributed by atoms with Crippen LogP contribution in [-0.2, 0) is 9.53 Å². The number of amides is 1. The number of hydrogen-bond acceptors (Lipinski definition) is 4. The first-order valence-electron chi connectivity index (χ1n) is 6.70. The lowest BCUT2D eigenvalue weighted by molar-refractivity contribution is -0.130. The Morgan fingerprint density at radius 2 is 2.05 bits per heavy atom. The zero-order valence-electron chi connectivity index (χ0n) is 13.1. The van der Waals surface area contributed by atoms with Crippen LogP contribution in [0.15, 0.2) is 17.7 Å². The van der Waals surface area contributed by atoms with Crippen molar-refractivity contribution in [1.82, 2.24) is 4.90 Å². The topological polar surface area (TPSA) is 38.8 Å². The van der Waals surface area contributed by atoms with Crippen LogP contribution >= 0.6 is 22.9 Å². The van der Waals surface area contributed by atoms with Crippen molar-refractivity contribution in [2.45, 2.75) is 33.8 Å². The van der Waals surface area contributed by atoms with E-state index in [0.29, 0.717) is 0 Å². The molecule has 4 nitrogen and oxygen atoms in total. The van der Waals surface area contributed by atoms with Gasteiger partial charge in [-0.3, -0.25) is 9.69 Å². The third kappa shape index (κ3) is 5.02. The van der Waals surface area contributed by atoms with E-state index in [9.17, 15) is 4.79 Å². The fourth-order valence-corrected chi connectivity index (χ4v) is 2.89. The van der Waals surface area contributed by atoms with E-state index < -0.39 is 0 Å². The molecule has 118 valence electrons. The van der Waals surface area contributed by atoms with Gasteiger partial charge in [0.15, 0.2) is 5.06 Å². The number of carbonyl (C=O) groups excluding carboxylic acids is 1. The molecule has 1 aromatic heterocycles. The summed E-state index contributed by atoms with van der Waals surface area (Å²) in [6.45, 7) is 7.97. The number of allylic oxidation sites excluding steroid dienone is 1. The number of halogens is 1. The lowest BCUT2D eigenvalue weighted by Gasteiger charge is -2.26. The summed E-state index contributed by atoms with van der Waals surface area (Å²) in [6, 6.07) is 3.82. The van der Waals surface area contributed by atoms with Crippen molar-refractivity contribution in [2.75, 3.05) is 19.7 Å². The maximum Gasteiger partial charge on any atom is 0.243 e. The van der Waals surface area contributed by atoms with E-state index in [1.54, 1.807) is 12.0 Å². The summed E-state index contributed by atoms with van der Waals surface area (Å²) in [6.07, 6.45) is 0.0342. The maximum absolute atomic E-state index is 12.2. The molecule has 21 heavy (non-hydrogen) atoms. The van der Waals surface area contributed by atoms with Gasteiger partial charge < -0.3 is 9.47 Å².